The standard InChI is InChI=1S/C10H19NO3/c1-7(2)14-10(13)11-6-8-3-4-9(12)5-8/h7-9,12H,3-6H2,1-2H3,(H,11,13). The summed E-state index contributed by atoms with van der Waals surface area (Å²) in [6.45, 7) is 4.25. The summed E-state index contributed by atoms with van der Waals surface area (Å²) in [5.74, 6) is 0.407. The Morgan fingerprint density at radius 1 is 1.57 bits per heavy atom. The number of hydrogen-bond donors (Lipinski definition) is 2. The molecular formula is C10H19NO3. The molecule has 1 rings (SSSR count). The van der Waals surface area contributed by atoms with Crippen molar-refractivity contribution in [3.63, 3.8) is 0 Å². The number of nitrogens with one attached hydrogen (secondary N) is 1. The topological polar surface area (TPSA) is 58.6 Å². The van der Waals surface area contributed by atoms with E-state index < -0.39 is 0 Å². The van der Waals surface area contributed by atoms with Crippen LogP contribution in [0.5, 0.6) is 0 Å². The second-order valence-electron chi connectivity index (χ2n) is 4.17. The Morgan fingerprint density at radius 3 is 2.79 bits per heavy atom. The van der Waals surface area contributed by atoms with Gasteiger partial charge in [-0.3, -0.25) is 0 Å². The van der Waals surface area contributed by atoms with E-state index in [4.69, 9.17) is 4.74 Å². The highest BCUT2D eigenvalue weighted by molar-refractivity contribution is 5.67. The Kier molecular flexibility index (Phi) is 4.20. The van der Waals surface area contributed by atoms with Gasteiger partial charge < -0.3 is 15.2 Å². The van der Waals surface area contributed by atoms with E-state index in [1.165, 1.54) is 0 Å². The molecule has 1 aliphatic carbocycles. The fourth-order valence-electron chi connectivity index (χ4n) is 1.72. The predicted molar refractivity (Wildman–Crippen MR) is 53.0 cm³/mol. The Hall–Kier alpha value is -0.770. The molecule has 0 saturated heterocycles. The molecule has 0 aliphatic heterocycles. The molecule has 0 radical (unpaired) electrons. The molecule has 14 heavy (non-hydrogen) atoms. The predicted octanol–water partition coefficient (Wildman–Crippen LogP) is 1.28. The molecule has 4 nitrogen and oxygen atoms in total. The first-order valence-corrected chi connectivity index (χ1v) is 5.20. The van der Waals surface area contributed by atoms with E-state index in [1.807, 2.05) is 13.8 Å². The molecule has 1 aliphatic rings. The van der Waals surface area contributed by atoms with Crippen molar-refractivity contribution in [3.8, 4) is 0 Å². The first kappa shape index (κ1) is 11.3. The lowest BCUT2D eigenvalue weighted by Crippen LogP contribution is -2.30. The van der Waals surface area contributed by atoms with Crippen LogP contribution >= 0.6 is 0 Å². The van der Waals surface area contributed by atoms with Crippen LogP contribution in [0.3, 0.4) is 0 Å². The second-order valence-corrected chi connectivity index (χ2v) is 4.17. The van der Waals surface area contributed by atoms with Gasteiger partial charge in [0.1, 0.15) is 0 Å². The van der Waals surface area contributed by atoms with Crippen LogP contribution in [0, 0.1) is 5.92 Å². The van der Waals surface area contributed by atoms with E-state index in [9.17, 15) is 9.90 Å². The number of carbonyl (C=O) groups excluding carboxylic acids is 1. The van der Waals surface area contributed by atoms with Gasteiger partial charge in [0, 0.05) is 6.54 Å². The summed E-state index contributed by atoms with van der Waals surface area (Å²) in [6, 6.07) is 0. The van der Waals surface area contributed by atoms with E-state index in [0.29, 0.717) is 12.5 Å². The van der Waals surface area contributed by atoms with Gasteiger partial charge in [-0.15, -0.1) is 0 Å². The monoisotopic (exact) mass is 201 g/mol. The maximum atomic E-state index is 11.1. The summed E-state index contributed by atoms with van der Waals surface area (Å²) in [5.41, 5.74) is 0. The van der Waals surface area contributed by atoms with Crippen molar-refractivity contribution in [2.75, 3.05) is 6.54 Å². The lowest BCUT2D eigenvalue weighted by atomic mass is 10.1. The van der Waals surface area contributed by atoms with Gasteiger partial charge in [0.2, 0.25) is 0 Å². The van der Waals surface area contributed by atoms with Gasteiger partial charge in [-0.1, -0.05) is 0 Å². The third kappa shape index (κ3) is 3.96. The summed E-state index contributed by atoms with van der Waals surface area (Å²) in [4.78, 5) is 11.1. The van der Waals surface area contributed by atoms with Crippen LogP contribution in [0.1, 0.15) is 33.1 Å². The number of hydrogen-bond acceptors (Lipinski definition) is 3. The van der Waals surface area contributed by atoms with Crippen LogP contribution in [0.25, 0.3) is 0 Å². The number of rotatable bonds is 3. The minimum absolute atomic E-state index is 0.0795. The third-order valence-electron chi connectivity index (χ3n) is 2.39. The molecule has 2 N–H and O–H groups in total. The molecule has 2 atom stereocenters. The second kappa shape index (κ2) is 5.20. The molecule has 0 aromatic heterocycles. The fourth-order valence-corrected chi connectivity index (χ4v) is 1.72. The zero-order valence-corrected chi connectivity index (χ0v) is 8.82. The summed E-state index contributed by atoms with van der Waals surface area (Å²) in [5, 5.41) is 12.0. The maximum absolute atomic E-state index is 11.1. The highest BCUT2D eigenvalue weighted by Gasteiger charge is 2.23. The molecular weight excluding hydrogens is 182 g/mol. The number of aliphatic hydroxyl groups excluding tert-OH is 1. The van der Waals surface area contributed by atoms with E-state index >= 15 is 0 Å². The van der Waals surface area contributed by atoms with E-state index in [1.54, 1.807) is 0 Å². The lowest BCUT2D eigenvalue weighted by Gasteiger charge is -2.12. The number of alkyl carbamates (subject to hydrolysis) is 1. The highest BCUT2D eigenvalue weighted by atomic mass is 16.6. The summed E-state index contributed by atoms with van der Waals surface area (Å²) < 4.78 is 4.92. The van der Waals surface area contributed by atoms with E-state index in [0.717, 1.165) is 19.3 Å². The SMILES string of the molecule is CC(C)OC(=O)NCC1CCC(O)C1. The van der Waals surface area contributed by atoms with Crippen molar-refractivity contribution in [2.24, 2.45) is 5.92 Å². The molecule has 0 heterocycles. The minimum atomic E-state index is -0.360. The molecule has 1 fully saturated rings. The molecule has 0 aromatic rings. The van der Waals surface area contributed by atoms with Gasteiger partial charge in [-0.05, 0) is 39.0 Å². The molecule has 0 aromatic carbocycles. The Bertz CT molecular complexity index is 194. The number of ether oxygens (including phenoxy) is 1. The largest absolute Gasteiger partial charge is 0.447 e. The van der Waals surface area contributed by atoms with Crippen LogP contribution in [0.2, 0.25) is 0 Å². The molecule has 0 spiro atoms. The first-order valence-electron chi connectivity index (χ1n) is 5.20. The van der Waals surface area contributed by atoms with E-state index in [-0.39, 0.29) is 18.3 Å². The molecule has 1 saturated carbocycles. The summed E-state index contributed by atoms with van der Waals surface area (Å²) in [6.07, 6.45) is 2.02. The quantitative estimate of drug-likeness (QED) is 0.723. The van der Waals surface area contributed by atoms with Gasteiger partial charge in [-0.25, -0.2) is 4.79 Å². The first-order chi connectivity index (χ1) is 6.58. The Labute approximate surface area is 84.6 Å². The van der Waals surface area contributed by atoms with Crippen LogP contribution < -0.4 is 5.32 Å². The van der Waals surface area contributed by atoms with E-state index in [2.05, 4.69) is 5.32 Å². The maximum Gasteiger partial charge on any atom is 0.407 e. The Balaban J connectivity index is 2.11. The normalized spacial score (nSPS) is 26.6. The van der Waals surface area contributed by atoms with Crippen molar-refractivity contribution in [3.05, 3.63) is 0 Å². The van der Waals surface area contributed by atoms with Crippen molar-refractivity contribution in [1.82, 2.24) is 5.32 Å². The fraction of sp³-hybridized carbons (Fsp3) is 0.900. The lowest BCUT2D eigenvalue weighted by molar-refractivity contribution is 0.113. The average molecular weight is 201 g/mol. The minimum Gasteiger partial charge on any atom is -0.447 e. The highest BCUT2D eigenvalue weighted by Crippen LogP contribution is 2.24. The third-order valence-corrected chi connectivity index (χ3v) is 2.39. The van der Waals surface area contributed by atoms with Crippen LogP contribution in [0.4, 0.5) is 4.79 Å². The summed E-state index contributed by atoms with van der Waals surface area (Å²) in [7, 11) is 0. The van der Waals surface area contributed by atoms with Crippen LogP contribution in [0.15, 0.2) is 0 Å². The number of amides is 1. The molecule has 82 valence electrons. The molecule has 1 amide bonds. The zero-order valence-electron chi connectivity index (χ0n) is 8.82. The van der Waals surface area contributed by atoms with Crippen molar-refractivity contribution in [1.29, 1.82) is 0 Å². The van der Waals surface area contributed by atoms with Gasteiger partial charge in [0.25, 0.3) is 0 Å². The summed E-state index contributed by atoms with van der Waals surface area (Å²) >= 11 is 0. The molecule has 0 bridgehead atoms. The zero-order chi connectivity index (χ0) is 10.6. The number of aliphatic hydroxyl groups is 1. The smallest absolute Gasteiger partial charge is 0.407 e. The molecule has 2 unspecified atom stereocenters. The van der Waals surface area contributed by atoms with Crippen molar-refractivity contribution < 1.29 is 14.6 Å². The van der Waals surface area contributed by atoms with Gasteiger partial charge in [0.15, 0.2) is 0 Å². The van der Waals surface area contributed by atoms with Crippen molar-refractivity contribution in [2.45, 2.75) is 45.3 Å². The van der Waals surface area contributed by atoms with Gasteiger partial charge in [-0.2, -0.15) is 0 Å². The number of carbonyl (C=O) groups is 1. The Morgan fingerprint density at radius 2 is 2.29 bits per heavy atom. The van der Waals surface area contributed by atoms with Gasteiger partial charge >= 0.3 is 6.09 Å². The van der Waals surface area contributed by atoms with Crippen molar-refractivity contribution >= 4 is 6.09 Å². The molecule has 4 heteroatoms. The average Bonchev–Trinajstić information content (AvgIpc) is 2.47. The van der Waals surface area contributed by atoms with Crippen LogP contribution in [-0.2, 0) is 4.74 Å². The van der Waals surface area contributed by atoms with Gasteiger partial charge in [0.05, 0.1) is 12.2 Å². The van der Waals surface area contributed by atoms with Crippen LogP contribution in [-0.4, -0.2) is 30.0 Å².